The molecule has 1 unspecified atom stereocenters. The van der Waals surface area contributed by atoms with Crippen LogP contribution in [-0.2, 0) is 10.0 Å². The predicted octanol–water partition coefficient (Wildman–Crippen LogP) is 3.69. The van der Waals surface area contributed by atoms with E-state index in [1.807, 2.05) is 41.6 Å². The molecule has 2 aromatic carbocycles. The number of rotatable bonds is 5. The number of thioether (sulfide) groups is 1. The maximum absolute atomic E-state index is 12.6. The smallest absolute Gasteiger partial charge is 0.244 e. The van der Waals surface area contributed by atoms with Gasteiger partial charge in [-0.3, -0.25) is 0 Å². The molecule has 0 amide bonds. The number of ether oxygens (including phenoxy) is 2. The molecule has 2 aliphatic heterocycles. The summed E-state index contributed by atoms with van der Waals surface area (Å²) < 4.78 is 37.1. The highest BCUT2D eigenvalue weighted by molar-refractivity contribution is 8.03. The maximum Gasteiger partial charge on any atom is 0.244 e. The SMILES string of the molecule is CN1C(c2ccc(Cl)c(S(=O)(=O)N(C)C)c2)=CSC1Nc1ccc2c(c1)OCO2. The van der Waals surface area contributed by atoms with Crippen LogP contribution < -0.4 is 14.8 Å². The zero-order valence-corrected chi connectivity index (χ0v) is 18.4. The fourth-order valence-electron chi connectivity index (χ4n) is 3.02. The second-order valence-corrected chi connectivity index (χ2v) is 10.2. The molecule has 1 N–H and O–H groups in total. The molecule has 154 valence electrons. The number of hydrogen-bond acceptors (Lipinski definition) is 7. The van der Waals surface area contributed by atoms with Crippen LogP contribution in [0.25, 0.3) is 5.70 Å². The van der Waals surface area contributed by atoms with E-state index >= 15 is 0 Å². The number of sulfonamides is 1. The Bertz CT molecular complexity index is 1090. The van der Waals surface area contributed by atoms with Crippen LogP contribution in [0, 0.1) is 0 Å². The first-order valence-electron chi connectivity index (χ1n) is 8.74. The average Bonchev–Trinajstić information content (AvgIpc) is 3.29. The van der Waals surface area contributed by atoms with Gasteiger partial charge in [0.1, 0.15) is 4.90 Å². The van der Waals surface area contributed by atoms with Crippen LogP contribution in [0.15, 0.2) is 46.7 Å². The van der Waals surface area contributed by atoms with Crippen molar-refractivity contribution < 1.29 is 17.9 Å². The highest BCUT2D eigenvalue weighted by Gasteiger charge is 2.27. The van der Waals surface area contributed by atoms with Gasteiger partial charge in [-0.25, -0.2) is 12.7 Å². The van der Waals surface area contributed by atoms with Crippen molar-refractivity contribution in [2.75, 3.05) is 33.3 Å². The van der Waals surface area contributed by atoms with Gasteiger partial charge >= 0.3 is 0 Å². The summed E-state index contributed by atoms with van der Waals surface area (Å²) in [6.07, 6.45) is 0. The Hall–Kier alpha value is -2.07. The van der Waals surface area contributed by atoms with E-state index in [0.29, 0.717) is 5.75 Å². The minimum Gasteiger partial charge on any atom is -0.454 e. The third-order valence-corrected chi connectivity index (χ3v) is 8.04. The lowest BCUT2D eigenvalue weighted by Gasteiger charge is -2.26. The lowest BCUT2D eigenvalue weighted by Crippen LogP contribution is -2.30. The van der Waals surface area contributed by atoms with Crippen LogP contribution in [-0.4, -0.2) is 51.1 Å². The molecule has 0 aromatic heterocycles. The summed E-state index contributed by atoms with van der Waals surface area (Å²) in [5.74, 6) is 1.45. The van der Waals surface area contributed by atoms with E-state index in [2.05, 4.69) is 5.32 Å². The van der Waals surface area contributed by atoms with Gasteiger partial charge in [0.15, 0.2) is 17.0 Å². The van der Waals surface area contributed by atoms with Crippen LogP contribution >= 0.6 is 23.4 Å². The number of halogens is 1. The second kappa shape index (κ2) is 7.64. The largest absolute Gasteiger partial charge is 0.454 e. The van der Waals surface area contributed by atoms with Gasteiger partial charge in [-0.1, -0.05) is 29.4 Å². The minimum absolute atomic E-state index is 0.0602. The monoisotopic (exact) mass is 453 g/mol. The van der Waals surface area contributed by atoms with Crippen LogP contribution in [0.4, 0.5) is 5.69 Å². The topological polar surface area (TPSA) is 71.1 Å². The predicted molar refractivity (Wildman–Crippen MR) is 116 cm³/mol. The quantitative estimate of drug-likeness (QED) is 0.740. The molecule has 0 saturated heterocycles. The van der Waals surface area contributed by atoms with Gasteiger partial charge in [-0.15, -0.1) is 0 Å². The summed E-state index contributed by atoms with van der Waals surface area (Å²) in [6, 6.07) is 10.8. The fraction of sp³-hybridized carbons (Fsp3) is 0.263. The Morgan fingerprint density at radius 3 is 2.69 bits per heavy atom. The van der Waals surface area contributed by atoms with Gasteiger partial charge in [-0.05, 0) is 35.2 Å². The van der Waals surface area contributed by atoms with E-state index in [1.54, 1.807) is 23.9 Å². The van der Waals surface area contributed by atoms with Crippen molar-refractivity contribution in [3.63, 3.8) is 0 Å². The molecule has 1 atom stereocenters. The normalized spacial score (nSPS) is 18.3. The molecule has 29 heavy (non-hydrogen) atoms. The highest BCUT2D eigenvalue weighted by Crippen LogP contribution is 2.39. The van der Waals surface area contributed by atoms with Gasteiger partial charge < -0.3 is 19.7 Å². The molecule has 4 rings (SSSR count). The summed E-state index contributed by atoms with van der Waals surface area (Å²) in [4.78, 5) is 2.14. The molecule has 2 aromatic rings. The zero-order chi connectivity index (χ0) is 20.8. The van der Waals surface area contributed by atoms with Crippen molar-refractivity contribution in [3.8, 4) is 11.5 Å². The molecule has 2 aliphatic rings. The Balaban J connectivity index is 1.55. The molecular weight excluding hydrogens is 434 g/mol. The molecule has 0 saturated carbocycles. The summed E-state index contributed by atoms with van der Waals surface area (Å²) in [7, 11) is 1.29. The van der Waals surface area contributed by atoms with E-state index in [0.717, 1.165) is 27.0 Å². The van der Waals surface area contributed by atoms with Crippen LogP contribution in [0.5, 0.6) is 11.5 Å². The van der Waals surface area contributed by atoms with E-state index in [9.17, 15) is 8.42 Å². The van der Waals surface area contributed by atoms with Crippen molar-refractivity contribution in [1.82, 2.24) is 9.21 Å². The van der Waals surface area contributed by atoms with Crippen LogP contribution in [0.3, 0.4) is 0 Å². The third-order valence-electron chi connectivity index (χ3n) is 4.69. The molecule has 0 aliphatic carbocycles. The van der Waals surface area contributed by atoms with Crippen molar-refractivity contribution in [3.05, 3.63) is 52.4 Å². The number of hydrogen-bond donors (Lipinski definition) is 1. The van der Waals surface area contributed by atoms with E-state index in [4.69, 9.17) is 21.1 Å². The summed E-state index contributed by atoms with van der Waals surface area (Å²) in [6.45, 7) is 0.233. The van der Waals surface area contributed by atoms with Crippen LogP contribution in [0.2, 0.25) is 5.02 Å². The summed E-state index contributed by atoms with van der Waals surface area (Å²) in [5, 5.41) is 5.64. The number of nitrogens with one attached hydrogen (secondary N) is 1. The molecule has 0 spiro atoms. The van der Waals surface area contributed by atoms with Crippen molar-refractivity contribution >= 4 is 44.8 Å². The van der Waals surface area contributed by atoms with Gasteiger partial charge in [0.05, 0.1) is 10.7 Å². The maximum atomic E-state index is 12.6. The Kier molecular flexibility index (Phi) is 5.32. The fourth-order valence-corrected chi connectivity index (χ4v) is 5.47. The first-order valence-corrected chi connectivity index (χ1v) is 11.5. The van der Waals surface area contributed by atoms with Crippen molar-refractivity contribution in [2.24, 2.45) is 0 Å². The van der Waals surface area contributed by atoms with Gasteiger partial charge in [0.25, 0.3) is 0 Å². The Labute approximate surface area is 179 Å². The number of anilines is 1. The standard InChI is InChI=1S/C19H20ClN3O4S2/c1-22(2)29(24,25)18-8-12(4-6-14(18)20)15-10-28-19(23(15)3)21-13-5-7-16-17(9-13)27-11-26-16/h4-10,19,21H,11H2,1-3H3. The number of nitrogens with zero attached hydrogens (tertiary/aromatic N) is 2. The van der Waals surface area contributed by atoms with Crippen molar-refractivity contribution in [2.45, 2.75) is 10.4 Å². The Morgan fingerprint density at radius 2 is 1.93 bits per heavy atom. The average molecular weight is 454 g/mol. The van der Waals surface area contributed by atoms with Gasteiger partial charge in [0.2, 0.25) is 16.8 Å². The first-order chi connectivity index (χ1) is 13.8. The molecule has 0 fully saturated rings. The van der Waals surface area contributed by atoms with Crippen molar-refractivity contribution in [1.29, 1.82) is 0 Å². The lowest BCUT2D eigenvalue weighted by molar-refractivity contribution is 0.174. The van der Waals surface area contributed by atoms with E-state index < -0.39 is 10.0 Å². The summed E-state index contributed by atoms with van der Waals surface area (Å²) in [5.41, 5.74) is 2.52. The first kappa shape index (κ1) is 20.2. The van der Waals surface area contributed by atoms with Gasteiger partial charge in [0, 0.05) is 32.9 Å². The molecule has 0 radical (unpaired) electrons. The molecule has 10 heteroatoms. The highest BCUT2D eigenvalue weighted by atomic mass is 35.5. The van der Waals surface area contributed by atoms with Crippen LogP contribution in [0.1, 0.15) is 5.56 Å². The second-order valence-electron chi connectivity index (χ2n) is 6.75. The van der Waals surface area contributed by atoms with Gasteiger partial charge in [-0.2, -0.15) is 0 Å². The molecular formula is C19H20ClN3O4S2. The third kappa shape index (κ3) is 3.75. The number of benzene rings is 2. The Morgan fingerprint density at radius 1 is 1.17 bits per heavy atom. The number of fused-ring (bicyclic) bond motifs is 1. The molecule has 2 heterocycles. The molecule has 0 bridgehead atoms. The van der Waals surface area contributed by atoms with E-state index in [-0.39, 0.29) is 22.2 Å². The minimum atomic E-state index is -3.64. The zero-order valence-electron chi connectivity index (χ0n) is 16.0. The summed E-state index contributed by atoms with van der Waals surface area (Å²) >= 11 is 7.77. The molecule has 7 nitrogen and oxygen atoms in total. The lowest BCUT2D eigenvalue weighted by atomic mass is 10.1. The van der Waals surface area contributed by atoms with E-state index in [1.165, 1.54) is 14.1 Å².